The van der Waals surface area contributed by atoms with Gasteiger partial charge in [0.25, 0.3) is 0 Å². The summed E-state index contributed by atoms with van der Waals surface area (Å²) in [5.74, 6) is 2.01. The van der Waals surface area contributed by atoms with Crippen molar-refractivity contribution < 1.29 is 9.21 Å². The number of nitrogens with zero attached hydrogens (tertiary/aromatic N) is 1. The Bertz CT molecular complexity index is 359. The fourth-order valence-corrected chi connectivity index (χ4v) is 2.53. The second-order valence-corrected chi connectivity index (χ2v) is 4.83. The lowest BCUT2D eigenvalue weighted by molar-refractivity contribution is 0.110. The van der Waals surface area contributed by atoms with Gasteiger partial charge in [0.15, 0.2) is 17.9 Å². The van der Waals surface area contributed by atoms with E-state index in [1.165, 1.54) is 25.7 Å². The molecular weight excluding hydrogens is 202 g/mol. The fraction of sp³-hybridized carbons (Fsp3) is 0.615. The molecule has 0 aromatic carbocycles. The van der Waals surface area contributed by atoms with Gasteiger partial charge >= 0.3 is 0 Å². The van der Waals surface area contributed by atoms with E-state index in [2.05, 4.69) is 18.9 Å². The smallest absolute Gasteiger partial charge is 0.196 e. The van der Waals surface area contributed by atoms with Gasteiger partial charge in [0, 0.05) is 19.2 Å². The number of carbonyl (C=O) groups is 1. The van der Waals surface area contributed by atoms with Crippen LogP contribution in [0.4, 0.5) is 5.88 Å². The molecule has 3 nitrogen and oxygen atoms in total. The van der Waals surface area contributed by atoms with Crippen LogP contribution >= 0.6 is 0 Å². The Morgan fingerprint density at radius 1 is 1.44 bits per heavy atom. The highest BCUT2D eigenvalue weighted by atomic mass is 16.4. The molecule has 0 radical (unpaired) electrons. The average molecular weight is 221 g/mol. The standard InChI is InChI=1S/C13H19NO2/c1-10-4-3-5-11(8-10)14(2)13-7-6-12(9-15)16-13/h6-7,9-11H,3-5,8H2,1-2H3. The van der Waals surface area contributed by atoms with Crippen LogP contribution in [0.5, 0.6) is 0 Å². The Balaban J connectivity index is 2.05. The second kappa shape index (κ2) is 4.73. The SMILES string of the molecule is CC1CCCC(N(C)c2ccc(C=O)o2)C1. The van der Waals surface area contributed by atoms with E-state index in [-0.39, 0.29) is 0 Å². The first-order valence-electron chi connectivity index (χ1n) is 5.98. The van der Waals surface area contributed by atoms with E-state index >= 15 is 0 Å². The van der Waals surface area contributed by atoms with Gasteiger partial charge in [-0.3, -0.25) is 4.79 Å². The van der Waals surface area contributed by atoms with Crippen molar-refractivity contribution in [1.82, 2.24) is 0 Å². The third-order valence-corrected chi connectivity index (χ3v) is 3.53. The van der Waals surface area contributed by atoms with E-state index in [4.69, 9.17) is 4.42 Å². The van der Waals surface area contributed by atoms with E-state index in [1.807, 2.05) is 6.07 Å². The molecule has 1 aliphatic rings. The predicted molar refractivity (Wildman–Crippen MR) is 63.9 cm³/mol. The molecule has 2 rings (SSSR count). The number of anilines is 1. The van der Waals surface area contributed by atoms with Gasteiger partial charge in [-0.2, -0.15) is 0 Å². The summed E-state index contributed by atoms with van der Waals surface area (Å²) >= 11 is 0. The molecule has 1 aromatic heterocycles. The Labute approximate surface area is 96.4 Å². The summed E-state index contributed by atoms with van der Waals surface area (Å²) in [6.07, 6.45) is 5.81. The first-order chi connectivity index (χ1) is 7.70. The second-order valence-electron chi connectivity index (χ2n) is 4.83. The minimum atomic E-state index is 0.408. The van der Waals surface area contributed by atoms with Crippen molar-refractivity contribution in [3.63, 3.8) is 0 Å². The first kappa shape index (κ1) is 11.2. The van der Waals surface area contributed by atoms with Crippen LogP contribution in [0.3, 0.4) is 0 Å². The van der Waals surface area contributed by atoms with Crippen molar-refractivity contribution in [2.75, 3.05) is 11.9 Å². The van der Waals surface area contributed by atoms with Crippen molar-refractivity contribution >= 4 is 12.2 Å². The number of hydrogen-bond donors (Lipinski definition) is 0. The zero-order valence-corrected chi connectivity index (χ0v) is 9.98. The Morgan fingerprint density at radius 2 is 2.25 bits per heavy atom. The van der Waals surface area contributed by atoms with Crippen LogP contribution < -0.4 is 4.90 Å². The summed E-state index contributed by atoms with van der Waals surface area (Å²) in [6.45, 7) is 2.30. The summed E-state index contributed by atoms with van der Waals surface area (Å²) in [5.41, 5.74) is 0. The van der Waals surface area contributed by atoms with Crippen LogP contribution in [0.1, 0.15) is 43.2 Å². The van der Waals surface area contributed by atoms with Gasteiger partial charge in [-0.1, -0.05) is 19.8 Å². The van der Waals surface area contributed by atoms with Gasteiger partial charge in [0.2, 0.25) is 0 Å². The highest BCUT2D eigenvalue weighted by Crippen LogP contribution is 2.30. The largest absolute Gasteiger partial charge is 0.438 e. The van der Waals surface area contributed by atoms with Crippen molar-refractivity contribution in [1.29, 1.82) is 0 Å². The number of aldehydes is 1. The van der Waals surface area contributed by atoms with Gasteiger partial charge in [-0.05, 0) is 24.8 Å². The summed E-state index contributed by atoms with van der Waals surface area (Å²) in [6, 6.07) is 4.16. The van der Waals surface area contributed by atoms with E-state index in [9.17, 15) is 4.79 Å². The molecule has 0 saturated heterocycles. The van der Waals surface area contributed by atoms with E-state index in [0.29, 0.717) is 11.8 Å². The summed E-state index contributed by atoms with van der Waals surface area (Å²) in [5, 5.41) is 0. The van der Waals surface area contributed by atoms with Crippen LogP contribution in [-0.2, 0) is 0 Å². The molecule has 1 heterocycles. The molecular formula is C13H19NO2. The Hall–Kier alpha value is -1.25. The number of hydrogen-bond acceptors (Lipinski definition) is 3. The summed E-state index contributed by atoms with van der Waals surface area (Å²) < 4.78 is 5.44. The molecule has 3 heteroatoms. The first-order valence-corrected chi connectivity index (χ1v) is 5.98. The monoisotopic (exact) mass is 221 g/mol. The van der Waals surface area contributed by atoms with Crippen LogP contribution in [-0.4, -0.2) is 19.4 Å². The van der Waals surface area contributed by atoms with Crippen molar-refractivity contribution in [2.24, 2.45) is 5.92 Å². The Morgan fingerprint density at radius 3 is 2.88 bits per heavy atom. The molecule has 1 saturated carbocycles. The van der Waals surface area contributed by atoms with Crippen LogP contribution in [0.2, 0.25) is 0 Å². The van der Waals surface area contributed by atoms with Crippen molar-refractivity contribution in [2.45, 2.75) is 38.6 Å². The van der Waals surface area contributed by atoms with Crippen LogP contribution in [0.15, 0.2) is 16.5 Å². The number of rotatable bonds is 3. The molecule has 0 aliphatic heterocycles. The normalized spacial score (nSPS) is 25.4. The molecule has 2 unspecified atom stereocenters. The molecule has 0 amide bonds. The van der Waals surface area contributed by atoms with Crippen molar-refractivity contribution in [3.8, 4) is 0 Å². The van der Waals surface area contributed by atoms with Crippen molar-refractivity contribution in [3.05, 3.63) is 17.9 Å². The topological polar surface area (TPSA) is 33.5 Å². The molecule has 16 heavy (non-hydrogen) atoms. The molecule has 2 atom stereocenters. The quantitative estimate of drug-likeness (QED) is 0.735. The minimum Gasteiger partial charge on any atom is -0.438 e. The van der Waals surface area contributed by atoms with Crippen LogP contribution in [0, 0.1) is 5.92 Å². The number of carbonyl (C=O) groups excluding carboxylic acids is 1. The van der Waals surface area contributed by atoms with Crippen LogP contribution in [0.25, 0.3) is 0 Å². The predicted octanol–water partition coefficient (Wildman–Crippen LogP) is 3.11. The zero-order chi connectivity index (χ0) is 11.5. The lowest BCUT2D eigenvalue weighted by Crippen LogP contribution is -2.35. The lowest BCUT2D eigenvalue weighted by Gasteiger charge is -2.33. The lowest BCUT2D eigenvalue weighted by atomic mass is 9.86. The third-order valence-electron chi connectivity index (χ3n) is 3.53. The Kier molecular flexibility index (Phi) is 3.32. The minimum absolute atomic E-state index is 0.408. The molecule has 1 fully saturated rings. The molecule has 1 aromatic rings. The highest BCUT2D eigenvalue weighted by Gasteiger charge is 2.23. The van der Waals surface area contributed by atoms with E-state index in [1.54, 1.807) is 6.07 Å². The molecule has 0 bridgehead atoms. The zero-order valence-electron chi connectivity index (χ0n) is 9.98. The molecule has 0 spiro atoms. The summed E-state index contributed by atoms with van der Waals surface area (Å²) in [4.78, 5) is 12.7. The van der Waals surface area contributed by atoms with E-state index < -0.39 is 0 Å². The van der Waals surface area contributed by atoms with E-state index in [0.717, 1.165) is 18.1 Å². The maximum absolute atomic E-state index is 10.6. The van der Waals surface area contributed by atoms with Gasteiger partial charge in [0.05, 0.1) is 0 Å². The fourth-order valence-electron chi connectivity index (χ4n) is 2.53. The average Bonchev–Trinajstić information content (AvgIpc) is 2.76. The van der Waals surface area contributed by atoms with Gasteiger partial charge < -0.3 is 9.32 Å². The molecule has 1 aliphatic carbocycles. The highest BCUT2D eigenvalue weighted by molar-refractivity contribution is 5.71. The third kappa shape index (κ3) is 2.29. The maximum atomic E-state index is 10.6. The molecule has 0 N–H and O–H groups in total. The molecule has 88 valence electrons. The van der Waals surface area contributed by atoms with Gasteiger partial charge in [-0.15, -0.1) is 0 Å². The maximum Gasteiger partial charge on any atom is 0.196 e. The van der Waals surface area contributed by atoms with Gasteiger partial charge in [0.1, 0.15) is 0 Å². The summed E-state index contributed by atoms with van der Waals surface area (Å²) in [7, 11) is 2.05. The van der Waals surface area contributed by atoms with Gasteiger partial charge in [-0.25, -0.2) is 0 Å². The number of furan rings is 1.